The predicted octanol–water partition coefficient (Wildman–Crippen LogP) is 3.71. The molecule has 0 aliphatic rings. The standard InChI is InChI=1S/C18H15Cl2F2NO3/c1-26-18(25)16(6-10-2-4-12(19)8-14(10)20)23-17(24)7-11-3-5-13(21)9-15(11)22/h2-5,8-9,16H,6-7H2,1H3,(H,23,24)/t16-/m0/s1. The van der Waals surface area contributed by atoms with Crippen LogP contribution in [-0.4, -0.2) is 25.0 Å². The minimum Gasteiger partial charge on any atom is -0.467 e. The van der Waals surface area contributed by atoms with Gasteiger partial charge in [-0.15, -0.1) is 0 Å². The van der Waals surface area contributed by atoms with Gasteiger partial charge in [-0.05, 0) is 29.3 Å². The van der Waals surface area contributed by atoms with E-state index in [0.29, 0.717) is 21.7 Å². The molecule has 0 saturated heterocycles. The predicted molar refractivity (Wildman–Crippen MR) is 94.2 cm³/mol. The lowest BCUT2D eigenvalue weighted by molar-refractivity contribution is -0.145. The summed E-state index contributed by atoms with van der Waals surface area (Å²) in [5.41, 5.74) is 0.594. The fourth-order valence-electron chi connectivity index (χ4n) is 2.33. The number of esters is 1. The minimum absolute atomic E-state index is 0.0111. The molecule has 1 amide bonds. The van der Waals surface area contributed by atoms with Crippen LogP contribution in [0.1, 0.15) is 11.1 Å². The van der Waals surface area contributed by atoms with E-state index in [1.54, 1.807) is 12.1 Å². The molecule has 0 heterocycles. The average molecular weight is 402 g/mol. The summed E-state index contributed by atoms with van der Waals surface area (Å²) < 4.78 is 31.3. The molecule has 0 bridgehead atoms. The molecule has 0 spiro atoms. The molecule has 1 atom stereocenters. The van der Waals surface area contributed by atoms with Crippen LogP contribution in [0, 0.1) is 11.6 Å². The summed E-state index contributed by atoms with van der Waals surface area (Å²) >= 11 is 11.9. The average Bonchev–Trinajstić information content (AvgIpc) is 2.58. The number of benzene rings is 2. The van der Waals surface area contributed by atoms with Crippen molar-refractivity contribution < 1.29 is 23.1 Å². The van der Waals surface area contributed by atoms with E-state index in [1.165, 1.54) is 19.2 Å². The Morgan fingerprint density at radius 3 is 2.42 bits per heavy atom. The zero-order valence-electron chi connectivity index (χ0n) is 13.7. The summed E-state index contributed by atoms with van der Waals surface area (Å²) in [6, 6.07) is 6.65. The van der Waals surface area contributed by atoms with Gasteiger partial charge in [-0.3, -0.25) is 4.79 Å². The Balaban J connectivity index is 2.11. The molecule has 0 aromatic heterocycles. The molecular weight excluding hydrogens is 387 g/mol. The van der Waals surface area contributed by atoms with Gasteiger partial charge in [-0.25, -0.2) is 13.6 Å². The van der Waals surface area contributed by atoms with Crippen molar-refractivity contribution in [2.24, 2.45) is 0 Å². The molecule has 0 fully saturated rings. The van der Waals surface area contributed by atoms with Gasteiger partial charge in [-0.2, -0.15) is 0 Å². The molecular formula is C18H15Cl2F2NO3. The van der Waals surface area contributed by atoms with Gasteiger partial charge in [0.2, 0.25) is 5.91 Å². The molecule has 0 saturated carbocycles. The maximum absolute atomic E-state index is 13.7. The Morgan fingerprint density at radius 2 is 1.81 bits per heavy atom. The van der Waals surface area contributed by atoms with Crippen molar-refractivity contribution in [1.29, 1.82) is 0 Å². The summed E-state index contributed by atoms with van der Waals surface area (Å²) in [7, 11) is 1.19. The lowest BCUT2D eigenvalue weighted by Gasteiger charge is -2.17. The van der Waals surface area contributed by atoms with Gasteiger partial charge in [0.05, 0.1) is 13.5 Å². The number of carbonyl (C=O) groups is 2. The summed E-state index contributed by atoms with van der Waals surface area (Å²) in [4.78, 5) is 24.1. The number of amides is 1. The van der Waals surface area contributed by atoms with Gasteiger partial charge in [0.1, 0.15) is 17.7 Å². The van der Waals surface area contributed by atoms with Crippen molar-refractivity contribution in [1.82, 2.24) is 5.32 Å². The van der Waals surface area contributed by atoms with E-state index in [4.69, 9.17) is 27.9 Å². The molecule has 2 aromatic rings. The van der Waals surface area contributed by atoms with Crippen LogP contribution >= 0.6 is 23.2 Å². The maximum Gasteiger partial charge on any atom is 0.328 e. The number of nitrogens with one attached hydrogen (secondary N) is 1. The maximum atomic E-state index is 13.7. The molecule has 138 valence electrons. The van der Waals surface area contributed by atoms with Crippen molar-refractivity contribution in [2.75, 3.05) is 7.11 Å². The van der Waals surface area contributed by atoms with Gasteiger partial charge in [0, 0.05) is 22.5 Å². The van der Waals surface area contributed by atoms with Crippen LogP contribution in [-0.2, 0) is 27.2 Å². The van der Waals surface area contributed by atoms with Crippen LogP contribution in [0.25, 0.3) is 0 Å². The normalized spacial score (nSPS) is 11.7. The molecule has 26 heavy (non-hydrogen) atoms. The quantitative estimate of drug-likeness (QED) is 0.750. The third-order valence-corrected chi connectivity index (χ3v) is 4.21. The second-order valence-corrected chi connectivity index (χ2v) is 6.34. The largest absolute Gasteiger partial charge is 0.467 e. The number of methoxy groups -OCH3 is 1. The van der Waals surface area contributed by atoms with Crippen LogP contribution < -0.4 is 5.32 Å². The smallest absolute Gasteiger partial charge is 0.328 e. The first kappa shape index (κ1) is 20.1. The van der Waals surface area contributed by atoms with Crippen molar-refractivity contribution in [3.8, 4) is 0 Å². The van der Waals surface area contributed by atoms with E-state index < -0.39 is 29.6 Å². The summed E-state index contributed by atoms with van der Waals surface area (Å²) in [5, 5.41) is 3.26. The van der Waals surface area contributed by atoms with E-state index in [-0.39, 0.29) is 18.4 Å². The summed E-state index contributed by atoms with van der Waals surface area (Å²) in [6.07, 6.45) is -0.283. The second kappa shape index (κ2) is 8.96. The van der Waals surface area contributed by atoms with Crippen molar-refractivity contribution >= 4 is 35.1 Å². The topological polar surface area (TPSA) is 55.4 Å². The van der Waals surface area contributed by atoms with Crippen LogP contribution in [0.4, 0.5) is 8.78 Å². The molecule has 0 unspecified atom stereocenters. The van der Waals surface area contributed by atoms with E-state index in [2.05, 4.69) is 5.32 Å². The monoisotopic (exact) mass is 401 g/mol. The Labute approximate surface area is 159 Å². The third kappa shape index (κ3) is 5.41. The molecule has 2 rings (SSSR count). The lowest BCUT2D eigenvalue weighted by atomic mass is 10.0. The Bertz CT molecular complexity index is 830. The number of halogens is 4. The zero-order valence-corrected chi connectivity index (χ0v) is 15.2. The summed E-state index contributed by atoms with van der Waals surface area (Å²) in [6.45, 7) is 0. The number of rotatable bonds is 6. The van der Waals surface area contributed by atoms with E-state index in [9.17, 15) is 18.4 Å². The SMILES string of the molecule is COC(=O)[C@H](Cc1ccc(Cl)cc1Cl)NC(=O)Cc1ccc(F)cc1F. The third-order valence-electron chi connectivity index (χ3n) is 3.63. The Morgan fingerprint density at radius 1 is 1.12 bits per heavy atom. The fraction of sp³-hybridized carbons (Fsp3) is 0.222. The zero-order chi connectivity index (χ0) is 19.3. The van der Waals surface area contributed by atoms with E-state index in [1.807, 2.05) is 0 Å². The van der Waals surface area contributed by atoms with E-state index >= 15 is 0 Å². The molecule has 1 N–H and O–H groups in total. The molecule has 8 heteroatoms. The van der Waals surface area contributed by atoms with Crippen molar-refractivity contribution in [3.05, 3.63) is 69.2 Å². The molecule has 0 radical (unpaired) electrons. The van der Waals surface area contributed by atoms with Crippen LogP contribution in [0.3, 0.4) is 0 Å². The van der Waals surface area contributed by atoms with E-state index in [0.717, 1.165) is 6.07 Å². The highest BCUT2D eigenvalue weighted by atomic mass is 35.5. The Hall–Kier alpha value is -2.18. The highest BCUT2D eigenvalue weighted by molar-refractivity contribution is 6.35. The van der Waals surface area contributed by atoms with Crippen LogP contribution in [0.15, 0.2) is 36.4 Å². The lowest BCUT2D eigenvalue weighted by Crippen LogP contribution is -2.43. The first-order valence-corrected chi connectivity index (χ1v) is 8.30. The molecule has 2 aromatic carbocycles. The van der Waals surface area contributed by atoms with Gasteiger partial charge < -0.3 is 10.1 Å². The van der Waals surface area contributed by atoms with Gasteiger partial charge in [-0.1, -0.05) is 35.3 Å². The van der Waals surface area contributed by atoms with Gasteiger partial charge >= 0.3 is 5.97 Å². The fourth-order valence-corrected chi connectivity index (χ4v) is 2.81. The highest BCUT2D eigenvalue weighted by Crippen LogP contribution is 2.22. The first-order chi connectivity index (χ1) is 12.3. The molecule has 0 aliphatic carbocycles. The van der Waals surface area contributed by atoms with Crippen molar-refractivity contribution in [3.63, 3.8) is 0 Å². The molecule has 0 aliphatic heterocycles. The number of ether oxygens (including phenoxy) is 1. The minimum atomic E-state index is -1.02. The second-order valence-electron chi connectivity index (χ2n) is 5.50. The van der Waals surface area contributed by atoms with Crippen LogP contribution in [0.2, 0.25) is 10.0 Å². The number of carbonyl (C=O) groups excluding carboxylic acids is 2. The van der Waals surface area contributed by atoms with Crippen molar-refractivity contribution in [2.45, 2.75) is 18.9 Å². The highest BCUT2D eigenvalue weighted by Gasteiger charge is 2.23. The van der Waals surface area contributed by atoms with Crippen LogP contribution in [0.5, 0.6) is 0 Å². The molecule has 4 nitrogen and oxygen atoms in total. The first-order valence-electron chi connectivity index (χ1n) is 7.55. The summed E-state index contributed by atoms with van der Waals surface area (Å²) in [5.74, 6) is -2.87. The number of hydrogen-bond acceptors (Lipinski definition) is 3. The van der Waals surface area contributed by atoms with Gasteiger partial charge in [0.15, 0.2) is 0 Å². The van der Waals surface area contributed by atoms with Gasteiger partial charge in [0.25, 0.3) is 0 Å². The number of hydrogen-bond donors (Lipinski definition) is 1. The Kier molecular flexibility index (Phi) is 6.94.